The topological polar surface area (TPSA) is 37.8 Å². The van der Waals surface area contributed by atoms with Gasteiger partial charge in [-0.25, -0.2) is 9.97 Å². The lowest BCUT2D eigenvalue weighted by Crippen LogP contribution is -2.05. The van der Waals surface area contributed by atoms with Crippen molar-refractivity contribution in [2.45, 2.75) is 33.6 Å². The van der Waals surface area contributed by atoms with Crippen LogP contribution >= 0.6 is 23.2 Å². The maximum Gasteiger partial charge on any atom is 0.138 e. The molecule has 1 aromatic heterocycles. The molecular formula is C15H17Cl2N3. The molecule has 0 aliphatic rings. The number of aromatic nitrogens is 2. The molecule has 0 radical (unpaired) electrons. The van der Waals surface area contributed by atoms with E-state index in [-0.39, 0.29) is 5.92 Å². The number of halogens is 2. The van der Waals surface area contributed by atoms with Crippen LogP contribution < -0.4 is 5.32 Å². The van der Waals surface area contributed by atoms with Crippen molar-refractivity contribution in [3.8, 4) is 0 Å². The second kappa shape index (κ2) is 5.98. The number of anilines is 2. The first kappa shape index (κ1) is 15.1. The van der Waals surface area contributed by atoms with Gasteiger partial charge in [0.25, 0.3) is 0 Å². The maximum absolute atomic E-state index is 6.18. The monoisotopic (exact) mass is 309 g/mol. The van der Waals surface area contributed by atoms with Crippen LogP contribution in [0.2, 0.25) is 10.2 Å². The van der Waals surface area contributed by atoms with Gasteiger partial charge < -0.3 is 5.32 Å². The number of hydrogen-bond acceptors (Lipinski definition) is 3. The van der Waals surface area contributed by atoms with E-state index in [9.17, 15) is 0 Å². The van der Waals surface area contributed by atoms with Crippen LogP contribution in [0.3, 0.4) is 0 Å². The number of nitrogens with zero attached hydrogens (tertiary/aromatic N) is 2. The van der Waals surface area contributed by atoms with Crippen molar-refractivity contribution in [3.05, 3.63) is 45.3 Å². The van der Waals surface area contributed by atoms with Crippen LogP contribution in [0, 0.1) is 13.8 Å². The number of rotatable bonds is 3. The highest BCUT2D eigenvalue weighted by Crippen LogP contribution is 2.29. The van der Waals surface area contributed by atoms with E-state index < -0.39 is 0 Å². The summed E-state index contributed by atoms with van der Waals surface area (Å²) in [4.78, 5) is 8.85. The summed E-state index contributed by atoms with van der Waals surface area (Å²) >= 11 is 12.3. The van der Waals surface area contributed by atoms with Gasteiger partial charge in [-0.05, 0) is 31.5 Å². The van der Waals surface area contributed by atoms with Crippen LogP contribution in [0.1, 0.15) is 36.7 Å². The molecule has 0 saturated carbocycles. The summed E-state index contributed by atoms with van der Waals surface area (Å²) < 4.78 is 0. The summed E-state index contributed by atoms with van der Waals surface area (Å²) in [6.45, 7) is 7.94. The summed E-state index contributed by atoms with van der Waals surface area (Å²) in [7, 11) is 0. The van der Waals surface area contributed by atoms with E-state index in [1.54, 1.807) is 0 Å². The van der Waals surface area contributed by atoms with Gasteiger partial charge in [0.05, 0.1) is 0 Å². The molecule has 3 nitrogen and oxygen atoms in total. The third kappa shape index (κ3) is 3.05. The van der Waals surface area contributed by atoms with Crippen LogP contribution in [0.15, 0.2) is 18.2 Å². The van der Waals surface area contributed by atoms with Gasteiger partial charge in [-0.2, -0.15) is 0 Å². The molecule has 0 saturated heterocycles. The Morgan fingerprint density at radius 2 is 1.75 bits per heavy atom. The van der Waals surface area contributed by atoms with E-state index in [0.29, 0.717) is 5.15 Å². The van der Waals surface area contributed by atoms with E-state index in [1.165, 1.54) is 0 Å². The smallest absolute Gasteiger partial charge is 0.138 e. The van der Waals surface area contributed by atoms with Crippen molar-refractivity contribution in [2.24, 2.45) is 0 Å². The van der Waals surface area contributed by atoms with Crippen molar-refractivity contribution >= 4 is 34.7 Å². The molecular weight excluding hydrogens is 293 g/mol. The van der Waals surface area contributed by atoms with Gasteiger partial charge in [-0.3, -0.25) is 0 Å². The molecule has 2 aromatic rings. The van der Waals surface area contributed by atoms with Crippen molar-refractivity contribution in [1.82, 2.24) is 9.97 Å². The first-order valence-electron chi connectivity index (χ1n) is 6.46. The Balaban J connectivity index is 2.45. The Bertz CT molecular complexity index is 639. The molecule has 20 heavy (non-hydrogen) atoms. The summed E-state index contributed by atoms with van der Waals surface area (Å²) in [6.07, 6.45) is 0. The lowest BCUT2D eigenvalue weighted by molar-refractivity contribution is 0.773. The quantitative estimate of drug-likeness (QED) is 0.785. The van der Waals surface area contributed by atoms with Crippen molar-refractivity contribution < 1.29 is 0 Å². The average molecular weight is 310 g/mol. The van der Waals surface area contributed by atoms with Crippen molar-refractivity contribution in [2.75, 3.05) is 5.32 Å². The Morgan fingerprint density at radius 3 is 2.40 bits per heavy atom. The number of nitrogens with one attached hydrogen (secondary N) is 1. The third-order valence-electron chi connectivity index (χ3n) is 3.14. The van der Waals surface area contributed by atoms with Gasteiger partial charge in [0.2, 0.25) is 0 Å². The zero-order valence-corrected chi connectivity index (χ0v) is 13.5. The zero-order valence-electron chi connectivity index (χ0n) is 12.0. The number of benzene rings is 1. The summed E-state index contributed by atoms with van der Waals surface area (Å²) in [5.41, 5.74) is 2.73. The average Bonchev–Trinajstić information content (AvgIpc) is 2.39. The maximum atomic E-state index is 6.18. The minimum absolute atomic E-state index is 0.217. The normalized spacial score (nSPS) is 10.9. The highest BCUT2D eigenvalue weighted by molar-refractivity contribution is 6.31. The molecule has 106 valence electrons. The summed E-state index contributed by atoms with van der Waals surface area (Å²) in [5, 5.41) is 4.49. The van der Waals surface area contributed by atoms with E-state index in [2.05, 4.69) is 15.3 Å². The van der Waals surface area contributed by atoms with Gasteiger partial charge >= 0.3 is 0 Å². The van der Waals surface area contributed by atoms with Gasteiger partial charge in [0.15, 0.2) is 0 Å². The van der Waals surface area contributed by atoms with Gasteiger partial charge in [0, 0.05) is 22.2 Å². The Labute approximate surface area is 129 Å². The van der Waals surface area contributed by atoms with Crippen LogP contribution in [-0.4, -0.2) is 9.97 Å². The predicted molar refractivity (Wildman–Crippen MR) is 85.3 cm³/mol. The highest BCUT2D eigenvalue weighted by Gasteiger charge is 2.13. The van der Waals surface area contributed by atoms with Gasteiger partial charge in [-0.1, -0.05) is 43.1 Å². The molecule has 5 heteroatoms. The predicted octanol–water partition coefficient (Wildman–Crippen LogP) is 5.27. The lowest BCUT2D eigenvalue weighted by Gasteiger charge is -2.14. The molecule has 1 aromatic carbocycles. The third-order valence-corrected chi connectivity index (χ3v) is 3.92. The zero-order chi connectivity index (χ0) is 14.9. The fraction of sp³-hybridized carbons (Fsp3) is 0.333. The second-order valence-electron chi connectivity index (χ2n) is 5.04. The first-order valence-corrected chi connectivity index (χ1v) is 7.22. The summed E-state index contributed by atoms with van der Waals surface area (Å²) in [5.74, 6) is 1.66. The Morgan fingerprint density at radius 1 is 1.05 bits per heavy atom. The molecule has 0 aliphatic carbocycles. The molecule has 1 N–H and O–H groups in total. The van der Waals surface area contributed by atoms with Crippen LogP contribution in [0.4, 0.5) is 11.5 Å². The molecule has 0 atom stereocenters. The molecule has 0 unspecified atom stereocenters. The largest absolute Gasteiger partial charge is 0.340 e. The molecule has 2 rings (SSSR count). The molecule has 1 heterocycles. The van der Waals surface area contributed by atoms with Crippen LogP contribution in [0.25, 0.3) is 0 Å². The van der Waals surface area contributed by atoms with E-state index in [1.807, 2.05) is 45.9 Å². The van der Waals surface area contributed by atoms with E-state index in [0.717, 1.165) is 33.5 Å². The highest BCUT2D eigenvalue weighted by atomic mass is 35.5. The first-order chi connectivity index (χ1) is 9.40. The standard InChI is InChI=1S/C15H17Cl2N3/c1-8(2)14-19-13(17)10(4)15(20-14)18-12-7-5-6-11(16)9(12)3/h5-8H,1-4H3,(H,18,19,20). The Hall–Kier alpha value is -1.32. The fourth-order valence-electron chi connectivity index (χ4n) is 1.76. The minimum Gasteiger partial charge on any atom is -0.340 e. The fourth-order valence-corrected chi connectivity index (χ4v) is 2.11. The summed E-state index contributed by atoms with van der Waals surface area (Å²) in [6, 6.07) is 5.73. The van der Waals surface area contributed by atoms with Crippen molar-refractivity contribution in [3.63, 3.8) is 0 Å². The van der Waals surface area contributed by atoms with E-state index >= 15 is 0 Å². The minimum atomic E-state index is 0.217. The Kier molecular flexibility index (Phi) is 4.51. The van der Waals surface area contributed by atoms with Crippen molar-refractivity contribution in [1.29, 1.82) is 0 Å². The van der Waals surface area contributed by atoms with Crippen LogP contribution in [0.5, 0.6) is 0 Å². The molecule has 0 amide bonds. The van der Waals surface area contributed by atoms with Crippen LogP contribution in [-0.2, 0) is 0 Å². The molecule has 0 fully saturated rings. The molecule has 0 spiro atoms. The molecule has 0 bridgehead atoms. The second-order valence-corrected chi connectivity index (χ2v) is 5.80. The van der Waals surface area contributed by atoms with Gasteiger partial charge in [0.1, 0.15) is 16.8 Å². The SMILES string of the molecule is Cc1c(Cl)cccc1Nc1nc(C(C)C)nc(Cl)c1C. The number of hydrogen-bond donors (Lipinski definition) is 1. The molecule has 0 aliphatic heterocycles. The van der Waals surface area contributed by atoms with Gasteiger partial charge in [-0.15, -0.1) is 0 Å². The van der Waals surface area contributed by atoms with E-state index in [4.69, 9.17) is 23.2 Å². The lowest BCUT2D eigenvalue weighted by atomic mass is 10.2.